The standard InChI is InChI=1S/C21H24N2O4/c1-3-27-19-8-7-15-9-10-23(13-17(15)12-19)14-20(24)22-18-6-4-5-16(11-18)21(25)26-2/h4-8,11-12H,3,9-10,13-14H2,1-2H3,(H,22,24). The average molecular weight is 368 g/mol. The molecule has 27 heavy (non-hydrogen) atoms. The third kappa shape index (κ3) is 4.86. The number of carbonyl (C=O) groups excluding carboxylic acids is 2. The van der Waals surface area contributed by atoms with E-state index in [4.69, 9.17) is 9.47 Å². The molecular formula is C21H24N2O4. The van der Waals surface area contributed by atoms with Crippen LogP contribution < -0.4 is 10.1 Å². The molecule has 0 spiro atoms. The highest BCUT2D eigenvalue weighted by Gasteiger charge is 2.19. The van der Waals surface area contributed by atoms with Gasteiger partial charge < -0.3 is 14.8 Å². The number of hydrogen-bond donors (Lipinski definition) is 1. The summed E-state index contributed by atoms with van der Waals surface area (Å²) in [4.78, 5) is 26.1. The van der Waals surface area contributed by atoms with E-state index in [9.17, 15) is 9.59 Å². The van der Waals surface area contributed by atoms with E-state index in [-0.39, 0.29) is 5.91 Å². The predicted octanol–water partition coefficient (Wildman–Crippen LogP) is 2.87. The maximum atomic E-state index is 12.4. The van der Waals surface area contributed by atoms with Crippen molar-refractivity contribution in [2.45, 2.75) is 19.9 Å². The zero-order valence-electron chi connectivity index (χ0n) is 15.7. The Morgan fingerprint density at radius 3 is 2.78 bits per heavy atom. The number of nitrogens with one attached hydrogen (secondary N) is 1. The highest BCUT2D eigenvalue weighted by atomic mass is 16.5. The van der Waals surface area contributed by atoms with E-state index in [1.54, 1.807) is 24.3 Å². The van der Waals surface area contributed by atoms with Gasteiger partial charge in [0.15, 0.2) is 0 Å². The third-order valence-electron chi connectivity index (χ3n) is 4.51. The second-order valence-electron chi connectivity index (χ2n) is 6.44. The number of anilines is 1. The Morgan fingerprint density at radius 2 is 2.00 bits per heavy atom. The third-order valence-corrected chi connectivity index (χ3v) is 4.51. The van der Waals surface area contributed by atoms with E-state index in [0.717, 1.165) is 18.7 Å². The van der Waals surface area contributed by atoms with Crippen molar-refractivity contribution in [2.24, 2.45) is 0 Å². The summed E-state index contributed by atoms with van der Waals surface area (Å²) in [5.74, 6) is 0.326. The number of amides is 1. The largest absolute Gasteiger partial charge is 0.494 e. The first-order chi connectivity index (χ1) is 13.1. The van der Waals surface area contributed by atoms with Gasteiger partial charge in [0.05, 0.1) is 25.8 Å². The molecule has 0 aromatic heterocycles. The molecule has 0 atom stereocenters. The normalized spacial score (nSPS) is 13.6. The van der Waals surface area contributed by atoms with Crippen LogP contribution in [-0.2, 0) is 22.5 Å². The fourth-order valence-electron chi connectivity index (χ4n) is 3.23. The number of nitrogens with zero attached hydrogens (tertiary/aromatic N) is 1. The van der Waals surface area contributed by atoms with Gasteiger partial charge in [-0.2, -0.15) is 0 Å². The van der Waals surface area contributed by atoms with Crippen LogP contribution in [0.2, 0.25) is 0 Å². The van der Waals surface area contributed by atoms with Crippen LogP contribution in [0, 0.1) is 0 Å². The fraction of sp³-hybridized carbons (Fsp3) is 0.333. The van der Waals surface area contributed by atoms with Crippen molar-refractivity contribution < 1.29 is 19.1 Å². The zero-order valence-corrected chi connectivity index (χ0v) is 15.7. The van der Waals surface area contributed by atoms with Gasteiger partial charge in [0, 0.05) is 18.8 Å². The number of benzene rings is 2. The van der Waals surface area contributed by atoms with E-state index in [2.05, 4.69) is 22.3 Å². The summed E-state index contributed by atoms with van der Waals surface area (Å²) in [7, 11) is 1.33. The van der Waals surface area contributed by atoms with E-state index in [0.29, 0.717) is 30.9 Å². The number of rotatable bonds is 6. The lowest BCUT2D eigenvalue weighted by molar-refractivity contribution is -0.117. The summed E-state index contributed by atoms with van der Waals surface area (Å²) in [6.45, 7) is 4.43. The number of fused-ring (bicyclic) bond motifs is 1. The van der Waals surface area contributed by atoms with Gasteiger partial charge in [-0.15, -0.1) is 0 Å². The molecule has 3 rings (SSSR count). The van der Waals surface area contributed by atoms with Crippen LogP contribution in [0.5, 0.6) is 5.75 Å². The van der Waals surface area contributed by atoms with Crippen molar-refractivity contribution in [3.63, 3.8) is 0 Å². The molecule has 2 aromatic rings. The van der Waals surface area contributed by atoms with Crippen molar-refractivity contribution >= 4 is 17.6 Å². The monoisotopic (exact) mass is 368 g/mol. The number of esters is 1. The molecule has 142 valence electrons. The second kappa shape index (κ2) is 8.68. The lowest BCUT2D eigenvalue weighted by Gasteiger charge is -2.28. The molecule has 1 aliphatic heterocycles. The molecule has 0 saturated heterocycles. The molecule has 0 radical (unpaired) electrons. The minimum absolute atomic E-state index is 0.110. The Kier molecular flexibility index (Phi) is 6.08. The first-order valence-electron chi connectivity index (χ1n) is 9.04. The molecule has 0 fully saturated rings. The molecular weight excluding hydrogens is 344 g/mol. The molecule has 0 bridgehead atoms. The van der Waals surface area contributed by atoms with Crippen LogP contribution >= 0.6 is 0 Å². The van der Waals surface area contributed by atoms with Crippen LogP contribution in [-0.4, -0.2) is 43.6 Å². The first kappa shape index (κ1) is 18.9. The molecule has 1 aliphatic rings. The van der Waals surface area contributed by atoms with Gasteiger partial charge in [-0.1, -0.05) is 12.1 Å². The van der Waals surface area contributed by atoms with Crippen molar-refractivity contribution in [3.8, 4) is 5.75 Å². The highest BCUT2D eigenvalue weighted by molar-refractivity contribution is 5.95. The van der Waals surface area contributed by atoms with Gasteiger partial charge in [-0.25, -0.2) is 4.79 Å². The number of methoxy groups -OCH3 is 1. The van der Waals surface area contributed by atoms with Crippen molar-refractivity contribution in [2.75, 3.05) is 32.1 Å². The number of ether oxygens (including phenoxy) is 2. The topological polar surface area (TPSA) is 67.9 Å². The minimum Gasteiger partial charge on any atom is -0.494 e. The van der Waals surface area contributed by atoms with Gasteiger partial charge in [0.1, 0.15) is 5.75 Å². The molecule has 6 nitrogen and oxygen atoms in total. The molecule has 2 aromatic carbocycles. The molecule has 0 unspecified atom stereocenters. The summed E-state index contributed by atoms with van der Waals surface area (Å²) in [5.41, 5.74) is 3.50. The number of carbonyl (C=O) groups is 2. The Hall–Kier alpha value is -2.86. The maximum absolute atomic E-state index is 12.4. The van der Waals surface area contributed by atoms with Crippen LogP contribution in [0.1, 0.15) is 28.4 Å². The minimum atomic E-state index is -0.427. The molecule has 1 amide bonds. The van der Waals surface area contributed by atoms with Gasteiger partial charge in [-0.3, -0.25) is 9.69 Å². The SMILES string of the molecule is CCOc1ccc2c(c1)CN(CC(=O)Nc1cccc(C(=O)OC)c1)CC2. The van der Waals surface area contributed by atoms with Gasteiger partial charge >= 0.3 is 5.97 Å². The number of hydrogen-bond acceptors (Lipinski definition) is 5. The Morgan fingerprint density at radius 1 is 1.15 bits per heavy atom. The Bertz CT molecular complexity index is 835. The van der Waals surface area contributed by atoms with Gasteiger partial charge in [0.25, 0.3) is 0 Å². The van der Waals surface area contributed by atoms with Crippen LogP contribution in [0.3, 0.4) is 0 Å². The maximum Gasteiger partial charge on any atom is 0.337 e. The quantitative estimate of drug-likeness (QED) is 0.794. The van der Waals surface area contributed by atoms with Crippen molar-refractivity contribution in [1.82, 2.24) is 4.90 Å². The van der Waals surface area contributed by atoms with E-state index >= 15 is 0 Å². The molecule has 1 heterocycles. The Balaban J connectivity index is 1.60. The van der Waals surface area contributed by atoms with Crippen LogP contribution in [0.15, 0.2) is 42.5 Å². The fourth-order valence-corrected chi connectivity index (χ4v) is 3.23. The molecule has 0 saturated carbocycles. The van der Waals surface area contributed by atoms with Crippen molar-refractivity contribution in [3.05, 3.63) is 59.2 Å². The lowest BCUT2D eigenvalue weighted by atomic mass is 9.99. The Labute approximate surface area is 159 Å². The van der Waals surface area contributed by atoms with Crippen molar-refractivity contribution in [1.29, 1.82) is 0 Å². The summed E-state index contributed by atoms with van der Waals surface area (Å²) < 4.78 is 10.3. The summed E-state index contributed by atoms with van der Waals surface area (Å²) in [6.07, 6.45) is 0.910. The predicted molar refractivity (Wildman–Crippen MR) is 103 cm³/mol. The molecule has 1 N–H and O–H groups in total. The van der Waals surface area contributed by atoms with E-state index in [1.165, 1.54) is 18.2 Å². The summed E-state index contributed by atoms with van der Waals surface area (Å²) in [6, 6.07) is 12.9. The molecule has 6 heteroatoms. The van der Waals surface area contributed by atoms with Crippen LogP contribution in [0.4, 0.5) is 5.69 Å². The lowest BCUT2D eigenvalue weighted by Crippen LogP contribution is -2.37. The zero-order chi connectivity index (χ0) is 19.2. The first-order valence-corrected chi connectivity index (χ1v) is 9.04. The van der Waals surface area contributed by atoms with E-state index < -0.39 is 5.97 Å². The summed E-state index contributed by atoms with van der Waals surface area (Å²) in [5, 5.41) is 2.85. The van der Waals surface area contributed by atoms with E-state index in [1.807, 2.05) is 13.0 Å². The highest BCUT2D eigenvalue weighted by Crippen LogP contribution is 2.24. The average Bonchev–Trinajstić information content (AvgIpc) is 2.67. The van der Waals surface area contributed by atoms with Crippen LogP contribution in [0.25, 0.3) is 0 Å². The van der Waals surface area contributed by atoms with Gasteiger partial charge in [-0.05, 0) is 54.8 Å². The summed E-state index contributed by atoms with van der Waals surface area (Å²) >= 11 is 0. The van der Waals surface area contributed by atoms with Gasteiger partial charge in [0.2, 0.25) is 5.91 Å². The molecule has 0 aliphatic carbocycles. The smallest absolute Gasteiger partial charge is 0.337 e. The second-order valence-corrected chi connectivity index (χ2v) is 6.44.